The predicted molar refractivity (Wildman–Crippen MR) is 93.7 cm³/mol. The number of hydrogen-bond acceptors (Lipinski definition) is 5. The molecule has 0 aliphatic heterocycles. The number of carbonyl (C=O) groups is 1. The maximum Gasteiger partial charge on any atom is 0.214 e. The van der Waals surface area contributed by atoms with Crippen LogP contribution >= 0.6 is 27.5 Å². The van der Waals surface area contributed by atoms with Crippen molar-refractivity contribution in [3.63, 3.8) is 0 Å². The van der Waals surface area contributed by atoms with Gasteiger partial charge in [0, 0.05) is 15.1 Å². The van der Waals surface area contributed by atoms with Crippen molar-refractivity contribution in [3.05, 3.63) is 63.6 Å². The third-order valence-corrected chi connectivity index (χ3v) is 3.47. The molecule has 0 unspecified atom stereocenters. The summed E-state index contributed by atoms with van der Waals surface area (Å²) in [5, 5.41) is 8.04. The Kier molecular flexibility index (Phi) is 5.68. The average Bonchev–Trinajstić information content (AvgIpc) is 2.53. The molecule has 22 heavy (non-hydrogen) atoms. The van der Waals surface area contributed by atoms with Gasteiger partial charge >= 0.3 is 0 Å². The highest BCUT2D eigenvalue weighted by molar-refractivity contribution is 9.10. The quantitative estimate of drug-likeness (QED) is 0.360. The van der Waals surface area contributed by atoms with Crippen LogP contribution in [0.15, 0.2) is 63.2 Å². The van der Waals surface area contributed by atoms with E-state index in [1.54, 1.807) is 48.5 Å². The Morgan fingerprint density at radius 2 is 1.77 bits per heavy atom. The lowest BCUT2D eigenvalue weighted by molar-refractivity contribution is 0.106. The number of nitrogens with zero attached hydrogens (tertiary/aromatic N) is 2. The second-order valence-electron chi connectivity index (χ2n) is 4.23. The summed E-state index contributed by atoms with van der Waals surface area (Å²) in [5.74, 6) is 4.85. The lowest BCUT2D eigenvalue weighted by Crippen LogP contribution is -2.18. The van der Waals surface area contributed by atoms with Crippen molar-refractivity contribution >= 4 is 50.9 Å². The number of nitrogens with one attached hydrogen (secondary N) is 1. The predicted octanol–water partition coefficient (Wildman–Crippen LogP) is 3.70. The first kappa shape index (κ1) is 16.2. The Morgan fingerprint density at radius 3 is 2.36 bits per heavy atom. The first-order chi connectivity index (χ1) is 10.6. The number of Topliss-reactive ketones (excluding diaryl/α,β-unsaturated/α-hetero) is 1. The molecular weight excluding hydrogens is 368 g/mol. The summed E-state index contributed by atoms with van der Waals surface area (Å²) in [7, 11) is 0. The summed E-state index contributed by atoms with van der Waals surface area (Å²) < 4.78 is 0.884. The average molecular weight is 380 g/mol. The van der Waals surface area contributed by atoms with Crippen molar-refractivity contribution in [3.8, 4) is 0 Å². The fraction of sp³-hybridized carbons (Fsp3) is 0. The molecule has 0 aliphatic rings. The summed E-state index contributed by atoms with van der Waals surface area (Å²) in [4.78, 5) is 12.4. The minimum Gasteiger partial charge on any atom is -0.323 e. The maximum atomic E-state index is 12.4. The van der Waals surface area contributed by atoms with Crippen LogP contribution in [-0.2, 0) is 0 Å². The molecule has 0 spiro atoms. The van der Waals surface area contributed by atoms with E-state index in [0.29, 0.717) is 16.3 Å². The highest BCUT2D eigenvalue weighted by Crippen LogP contribution is 2.14. The molecule has 0 radical (unpaired) electrons. The fourth-order valence-electron chi connectivity index (χ4n) is 1.61. The van der Waals surface area contributed by atoms with Crippen LogP contribution in [0, 0.1) is 0 Å². The van der Waals surface area contributed by atoms with E-state index >= 15 is 0 Å². The molecule has 0 amide bonds. The molecule has 3 N–H and O–H groups in total. The van der Waals surface area contributed by atoms with Crippen molar-refractivity contribution in [2.45, 2.75) is 0 Å². The van der Waals surface area contributed by atoms with Gasteiger partial charge in [0.05, 0.1) is 11.9 Å². The Balaban J connectivity index is 2.21. The van der Waals surface area contributed by atoms with Crippen LogP contribution in [-0.4, -0.2) is 17.7 Å². The monoisotopic (exact) mass is 378 g/mol. The van der Waals surface area contributed by atoms with E-state index in [2.05, 4.69) is 31.6 Å². The van der Waals surface area contributed by atoms with Crippen molar-refractivity contribution < 1.29 is 4.79 Å². The van der Waals surface area contributed by atoms with E-state index in [1.165, 1.54) is 6.21 Å². The number of ketones is 1. The number of rotatable bonds is 5. The van der Waals surface area contributed by atoms with Crippen molar-refractivity contribution in [2.24, 2.45) is 16.0 Å². The minimum absolute atomic E-state index is 0.0970. The highest BCUT2D eigenvalue weighted by atomic mass is 79.9. The molecule has 112 valence electrons. The van der Waals surface area contributed by atoms with E-state index in [-0.39, 0.29) is 11.5 Å². The second-order valence-corrected chi connectivity index (χ2v) is 5.58. The van der Waals surface area contributed by atoms with Crippen LogP contribution in [0.4, 0.5) is 5.69 Å². The molecule has 0 atom stereocenters. The van der Waals surface area contributed by atoms with Crippen LogP contribution in [0.1, 0.15) is 10.4 Å². The number of nitrogens with two attached hydrogens (primary N) is 1. The van der Waals surface area contributed by atoms with Gasteiger partial charge in [-0.05, 0) is 48.5 Å². The van der Waals surface area contributed by atoms with Gasteiger partial charge < -0.3 is 5.84 Å². The first-order valence-electron chi connectivity index (χ1n) is 6.23. The fourth-order valence-corrected chi connectivity index (χ4v) is 2.00. The molecule has 0 saturated heterocycles. The van der Waals surface area contributed by atoms with Gasteiger partial charge in [0.1, 0.15) is 0 Å². The molecular formula is C15H12BrClN4O. The van der Waals surface area contributed by atoms with Gasteiger partial charge in [-0.15, -0.1) is 0 Å². The molecule has 0 fully saturated rings. The lowest BCUT2D eigenvalue weighted by Gasteiger charge is -2.04. The van der Waals surface area contributed by atoms with Gasteiger partial charge in [-0.2, -0.15) is 10.2 Å². The Bertz CT molecular complexity index is 711. The van der Waals surface area contributed by atoms with E-state index in [4.69, 9.17) is 17.4 Å². The van der Waals surface area contributed by atoms with Crippen LogP contribution < -0.4 is 11.3 Å². The van der Waals surface area contributed by atoms with Crippen LogP contribution in [0.2, 0.25) is 5.02 Å². The number of carbonyl (C=O) groups excluding carboxylic acids is 1. The van der Waals surface area contributed by atoms with Crippen molar-refractivity contribution in [2.75, 3.05) is 5.43 Å². The normalized spacial score (nSPS) is 11.6. The maximum absolute atomic E-state index is 12.4. The van der Waals surface area contributed by atoms with Crippen LogP contribution in [0.3, 0.4) is 0 Å². The third kappa shape index (κ3) is 4.41. The second kappa shape index (κ2) is 7.72. The molecule has 2 rings (SSSR count). The summed E-state index contributed by atoms with van der Waals surface area (Å²) in [6.45, 7) is 0. The summed E-state index contributed by atoms with van der Waals surface area (Å²) in [6, 6.07) is 13.8. The standard InChI is InChI=1S/C15H12BrClN4O/c16-11-3-1-10(2-4-11)15(22)14(9-19-18)21-20-13-7-5-12(17)6-8-13/h1-9,20H,18H2/b19-9+,21-14?. The van der Waals surface area contributed by atoms with Crippen LogP contribution in [0.5, 0.6) is 0 Å². The van der Waals surface area contributed by atoms with Crippen molar-refractivity contribution in [1.82, 2.24) is 0 Å². The molecule has 5 nitrogen and oxygen atoms in total. The van der Waals surface area contributed by atoms with Crippen LogP contribution in [0.25, 0.3) is 0 Å². The zero-order chi connectivity index (χ0) is 15.9. The van der Waals surface area contributed by atoms with Gasteiger partial charge in [0.25, 0.3) is 0 Å². The number of anilines is 1. The summed E-state index contributed by atoms with van der Waals surface area (Å²) >= 11 is 9.13. The Morgan fingerprint density at radius 1 is 1.14 bits per heavy atom. The van der Waals surface area contributed by atoms with E-state index in [1.807, 2.05) is 0 Å². The van der Waals surface area contributed by atoms with Gasteiger partial charge in [0.15, 0.2) is 5.71 Å². The summed E-state index contributed by atoms with van der Waals surface area (Å²) in [5.41, 5.74) is 4.04. The number of hydrazone groups is 2. The molecule has 2 aromatic carbocycles. The first-order valence-corrected chi connectivity index (χ1v) is 7.40. The molecule has 2 aromatic rings. The smallest absolute Gasteiger partial charge is 0.214 e. The zero-order valence-electron chi connectivity index (χ0n) is 11.3. The number of benzene rings is 2. The Labute approximate surface area is 141 Å². The van der Waals surface area contributed by atoms with Crippen molar-refractivity contribution in [1.29, 1.82) is 0 Å². The number of halogens is 2. The lowest BCUT2D eigenvalue weighted by atomic mass is 10.1. The van der Waals surface area contributed by atoms with E-state index in [9.17, 15) is 4.79 Å². The zero-order valence-corrected chi connectivity index (χ0v) is 13.7. The molecule has 0 aromatic heterocycles. The Hall–Kier alpha value is -2.18. The largest absolute Gasteiger partial charge is 0.323 e. The molecule has 0 aliphatic carbocycles. The third-order valence-electron chi connectivity index (χ3n) is 2.69. The molecule has 0 saturated carbocycles. The van der Waals surface area contributed by atoms with Gasteiger partial charge in [-0.3, -0.25) is 10.2 Å². The topological polar surface area (TPSA) is 79.8 Å². The van der Waals surface area contributed by atoms with Gasteiger partial charge in [-0.25, -0.2) is 0 Å². The molecule has 0 heterocycles. The number of hydrogen-bond donors (Lipinski definition) is 2. The molecule has 7 heteroatoms. The highest BCUT2D eigenvalue weighted by Gasteiger charge is 2.12. The SMILES string of the molecule is N/N=C/C(=NNc1ccc(Cl)cc1)C(=O)c1ccc(Br)cc1. The van der Waals surface area contributed by atoms with Gasteiger partial charge in [-0.1, -0.05) is 27.5 Å². The van der Waals surface area contributed by atoms with E-state index < -0.39 is 0 Å². The van der Waals surface area contributed by atoms with E-state index in [0.717, 1.165) is 4.47 Å². The molecule has 0 bridgehead atoms. The minimum atomic E-state index is -0.289. The van der Waals surface area contributed by atoms with Gasteiger partial charge in [0.2, 0.25) is 5.78 Å². The summed E-state index contributed by atoms with van der Waals surface area (Å²) in [6.07, 6.45) is 1.20.